The third-order valence-electron chi connectivity index (χ3n) is 2.08. The Hall–Kier alpha value is -1.88. The molecule has 2 aromatic rings. The smallest absolute Gasteiger partial charge is 0.199 e. The third-order valence-corrected chi connectivity index (χ3v) is 2.37. The van der Waals surface area contributed by atoms with E-state index in [2.05, 4.69) is 9.97 Å². The van der Waals surface area contributed by atoms with Crippen molar-refractivity contribution >= 4 is 17.4 Å². The average molecular weight is 255 g/mol. The van der Waals surface area contributed by atoms with Crippen molar-refractivity contribution in [2.45, 2.75) is 0 Å². The van der Waals surface area contributed by atoms with E-state index in [1.165, 1.54) is 18.7 Å². The molecular weight excluding hydrogens is 250 g/mol. The summed E-state index contributed by atoms with van der Waals surface area (Å²) < 4.78 is 26.6. The Bertz CT molecular complexity index is 575. The molecular formula is C11H5ClF2N2O. The molecule has 3 nitrogen and oxygen atoms in total. The van der Waals surface area contributed by atoms with Crippen LogP contribution in [0.3, 0.4) is 0 Å². The van der Waals surface area contributed by atoms with Crippen LogP contribution in [0.5, 0.6) is 0 Å². The molecule has 0 aliphatic heterocycles. The summed E-state index contributed by atoms with van der Waals surface area (Å²) in [5, 5.41) is -0.372. The first-order valence-electron chi connectivity index (χ1n) is 4.54. The van der Waals surface area contributed by atoms with Gasteiger partial charge in [-0.2, -0.15) is 0 Å². The van der Waals surface area contributed by atoms with Crippen LogP contribution in [0.2, 0.25) is 5.02 Å². The van der Waals surface area contributed by atoms with Gasteiger partial charge in [0, 0.05) is 12.4 Å². The molecule has 0 spiro atoms. The lowest BCUT2D eigenvalue weighted by Gasteiger charge is -2.03. The standard InChI is InChI=1S/C11H5ClF2N2O/c12-8-2-9(13)7(1-10(8)14)11(17)6-3-15-5-16-4-6/h1-5H. The highest BCUT2D eigenvalue weighted by atomic mass is 35.5. The Balaban J connectivity index is 2.48. The second kappa shape index (κ2) is 4.55. The SMILES string of the molecule is O=C(c1cncnc1)c1cc(F)c(Cl)cc1F. The normalized spacial score (nSPS) is 10.3. The molecule has 0 atom stereocenters. The molecule has 0 aliphatic rings. The fourth-order valence-corrected chi connectivity index (χ4v) is 1.42. The Labute approximate surface area is 100 Å². The monoisotopic (exact) mass is 254 g/mol. The van der Waals surface area contributed by atoms with Crippen molar-refractivity contribution in [3.05, 3.63) is 58.6 Å². The van der Waals surface area contributed by atoms with Crippen LogP contribution in [0.15, 0.2) is 30.9 Å². The summed E-state index contributed by atoms with van der Waals surface area (Å²) in [7, 11) is 0. The van der Waals surface area contributed by atoms with E-state index in [0.29, 0.717) is 0 Å². The van der Waals surface area contributed by atoms with Crippen LogP contribution in [0.25, 0.3) is 0 Å². The summed E-state index contributed by atoms with van der Waals surface area (Å²) in [5.74, 6) is -2.43. The maximum atomic E-state index is 13.5. The lowest BCUT2D eigenvalue weighted by atomic mass is 10.1. The lowest BCUT2D eigenvalue weighted by molar-refractivity contribution is 0.103. The molecule has 2 rings (SSSR count). The molecule has 0 aliphatic carbocycles. The third kappa shape index (κ3) is 2.29. The molecule has 0 bridgehead atoms. The Kier molecular flexibility index (Phi) is 3.10. The van der Waals surface area contributed by atoms with E-state index >= 15 is 0 Å². The molecule has 0 fully saturated rings. The maximum absolute atomic E-state index is 13.5. The Morgan fingerprint density at radius 1 is 1.12 bits per heavy atom. The van der Waals surface area contributed by atoms with Crippen molar-refractivity contribution in [3.63, 3.8) is 0 Å². The van der Waals surface area contributed by atoms with Gasteiger partial charge in [-0.15, -0.1) is 0 Å². The molecule has 0 saturated carbocycles. The van der Waals surface area contributed by atoms with Crippen LogP contribution in [0.1, 0.15) is 15.9 Å². The van der Waals surface area contributed by atoms with E-state index in [-0.39, 0.29) is 10.6 Å². The molecule has 0 N–H and O–H groups in total. The zero-order valence-corrected chi connectivity index (χ0v) is 9.08. The zero-order chi connectivity index (χ0) is 12.4. The molecule has 0 amide bonds. The topological polar surface area (TPSA) is 42.9 Å². The van der Waals surface area contributed by atoms with Gasteiger partial charge in [-0.1, -0.05) is 11.6 Å². The average Bonchev–Trinajstić information content (AvgIpc) is 2.34. The fourth-order valence-electron chi connectivity index (χ4n) is 1.27. The van der Waals surface area contributed by atoms with E-state index < -0.39 is 23.0 Å². The van der Waals surface area contributed by atoms with Crippen molar-refractivity contribution in [3.8, 4) is 0 Å². The summed E-state index contributed by atoms with van der Waals surface area (Å²) in [6, 6.07) is 1.51. The van der Waals surface area contributed by atoms with E-state index in [4.69, 9.17) is 11.6 Å². The van der Waals surface area contributed by atoms with Gasteiger partial charge < -0.3 is 0 Å². The van der Waals surface area contributed by atoms with Crippen LogP contribution in [0, 0.1) is 11.6 Å². The van der Waals surface area contributed by atoms with E-state index in [0.717, 1.165) is 12.1 Å². The number of halogens is 3. The highest BCUT2D eigenvalue weighted by molar-refractivity contribution is 6.30. The molecule has 86 valence electrons. The lowest BCUT2D eigenvalue weighted by Crippen LogP contribution is -2.06. The first kappa shape index (κ1) is 11.6. The van der Waals surface area contributed by atoms with Crippen molar-refractivity contribution in [2.24, 2.45) is 0 Å². The predicted octanol–water partition coefficient (Wildman–Crippen LogP) is 2.64. The van der Waals surface area contributed by atoms with E-state index in [1.807, 2.05) is 0 Å². The maximum Gasteiger partial charge on any atom is 0.199 e. The van der Waals surface area contributed by atoms with Crippen LogP contribution in [0.4, 0.5) is 8.78 Å². The van der Waals surface area contributed by atoms with Crippen LogP contribution < -0.4 is 0 Å². The number of hydrogen-bond donors (Lipinski definition) is 0. The largest absolute Gasteiger partial charge is 0.288 e. The number of hydrogen-bond acceptors (Lipinski definition) is 3. The van der Waals surface area contributed by atoms with Gasteiger partial charge in [0.2, 0.25) is 0 Å². The number of benzene rings is 1. The minimum atomic E-state index is -0.884. The number of aromatic nitrogens is 2. The van der Waals surface area contributed by atoms with Crippen LogP contribution >= 0.6 is 11.6 Å². The molecule has 1 aromatic heterocycles. The van der Waals surface area contributed by atoms with Crippen molar-refractivity contribution < 1.29 is 13.6 Å². The number of carbonyl (C=O) groups excluding carboxylic acids is 1. The first-order valence-corrected chi connectivity index (χ1v) is 4.91. The van der Waals surface area contributed by atoms with Crippen LogP contribution in [-0.4, -0.2) is 15.8 Å². The Morgan fingerprint density at radius 2 is 1.76 bits per heavy atom. The molecule has 1 aromatic carbocycles. The number of ketones is 1. The van der Waals surface area contributed by atoms with Gasteiger partial charge in [-0.05, 0) is 12.1 Å². The quantitative estimate of drug-likeness (QED) is 0.611. The van der Waals surface area contributed by atoms with Crippen molar-refractivity contribution in [2.75, 3.05) is 0 Å². The van der Waals surface area contributed by atoms with Crippen molar-refractivity contribution in [1.29, 1.82) is 0 Å². The van der Waals surface area contributed by atoms with Crippen molar-refractivity contribution in [1.82, 2.24) is 9.97 Å². The Morgan fingerprint density at radius 3 is 2.41 bits per heavy atom. The molecule has 6 heteroatoms. The van der Waals surface area contributed by atoms with Crippen LogP contribution in [-0.2, 0) is 0 Å². The van der Waals surface area contributed by atoms with Gasteiger partial charge >= 0.3 is 0 Å². The molecule has 0 saturated heterocycles. The number of nitrogens with zero attached hydrogens (tertiary/aromatic N) is 2. The second-order valence-corrected chi connectivity index (χ2v) is 3.61. The van der Waals surface area contributed by atoms with Gasteiger partial charge in [0.25, 0.3) is 0 Å². The second-order valence-electron chi connectivity index (χ2n) is 3.20. The summed E-state index contributed by atoms with van der Waals surface area (Å²) >= 11 is 5.39. The highest BCUT2D eigenvalue weighted by Crippen LogP contribution is 2.21. The number of carbonyl (C=O) groups is 1. The van der Waals surface area contributed by atoms with E-state index in [1.54, 1.807) is 0 Å². The first-order chi connectivity index (χ1) is 8.09. The molecule has 0 radical (unpaired) electrons. The minimum absolute atomic E-state index is 0.0770. The van der Waals surface area contributed by atoms with E-state index in [9.17, 15) is 13.6 Å². The minimum Gasteiger partial charge on any atom is -0.288 e. The molecule has 0 unspecified atom stereocenters. The van der Waals surface area contributed by atoms with Gasteiger partial charge in [-0.25, -0.2) is 18.7 Å². The highest BCUT2D eigenvalue weighted by Gasteiger charge is 2.17. The van der Waals surface area contributed by atoms with Gasteiger partial charge in [0.1, 0.15) is 18.0 Å². The predicted molar refractivity (Wildman–Crippen MR) is 56.8 cm³/mol. The fraction of sp³-hybridized carbons (Fsp3) is 0. The summed E-state index contributed by atoms with van der Waals surface area (Å²) in [5.41, 5.74) is -0.324. The van der Waals surface area contributed by atoms with Gasteiger partial charge in [0.15, 0.2) is 5.78 Å². The summed E-state index contributed by atoms with van der Waals surface area (Å²) in [6.07, 6.45) is 3.68. The van der Waals surface area contributed by atoms with Gasteiger partial charge in [-0.3, -0.25) is 4.79 Å². The number of rotatable bonds is 2. The molecule has 17 heavy (non-hydrogen) atoms. The zero-order valence-electron chi connectivity index (χ0n) is 8.32. The molecule has 1 heterocycles. The van der Waals surface area contributed by atoms with Gasteiger partial charge in [0.05, 0.1) is 16.1 Å². The summed E-state index contributed by atoms with van der Waals surface area (Å²) in [6.45, 7) is 0. The summed E-state index contributed by atoms with van der Waals surface area (Å²) in [4.78, 5) is 19.1.